The van der Waals surface area contributed by atoms with Crippen molar-refractivity contribution in [3.05, 3.63) is 95.6 Å². The van der Waals surface area contributed by atoms with Crippen molar-refractivity contribution in [3.63, 3.8) is 0 Å². The molecule has 4 rings (SSSR count). The van der Waals surface area contributed by atoms with Crippen LogP contribution in [0.2, 0.25) is 0 Å². The Kier molecular flexibility index (Phi) is 3.44. The van der Waals surface area contributed by atoms with Crippen LogP contribution < -0.4 is 0 Å². The maximum atomic E-state index is 2.24. The van der Waals surface area contributed by atoms with E-state index in [-0.39, 0.29) is 0 Å². The van der Waals surface area contributed by atoms with Gasteiger partial charge in [-0.2, -0.15) is 0 Å². The average molecular weight is 294 g/mol. The van der Waals surface area contributed by atoms with E-state index in [2.05, 4.69) is 97.9 Å². The number of fused-ring (bicyclic) bond motifs is 2. The number of hydrogen-bond acceptors (Lipinski definition) is 0. The summed E-state index contributed by atoms with van der Waals surface area (Å²) in [6, 6.07) is 28.1. The molecule has 0 nitrogen and oxygen atoms in total. The molecule has 0 fully saturated rings. The molecule has 110 valence electrons. The van der Waals surface area contributed by atoms with E-state index >= 15 is 0 Å². The van der Waals surface area contributed by atoms with Crippen molar-refractivity contribution in [1.29, 1.82) is 0 Å². The van der Waals surface area contributed by atoms with E-state index in [0.29, 0.717) is 0 Å². The first kappa shape index (κ1) is 13.8. The zero-order chi connectivity index (χ0) is 15.6. The van der Waals surface area contributed by atoms with Crippen LogP contribution >= 0.6 is 0 Å². The minimum atomic E-state index is 1.23. The standard InChI is InChI=1S/C23H18/c1-17-10-13-20(23-9-5-4-8-22(17)23)15-12-18-11-14-19-6-2-3-7-21(19)16-18/h2-16H,1H3/b15-12+. The molecule has 0 N–H and O–H groups in total. The third-order valence-corrected chi connectivity index (χ3v) is 4.40. The summed E-state index contributed by atoms with van der Waals surface area (Å²) < 4.78 is 0. The van der Waals surface area contributed by atoms with Gasteiger partial charge in [0.25, 0.3) is 0 Å². The average Bonchev–Trinajstić information content (AvgIpc) is 2.61. The molecule has 4 aromatic rings. The molecule has 0 atom stereocenters. The van der Waals surface area contributed by atoms with Crippen LogP contribution in [0.15, 0.2) is 78.9 Å². The summed E-state index contributed by atoms with van der Waals surface area (Å²) in [7, 11) is 0. The highest BCUT2D eigenvalue weighted by Gasteiger charge is 2.00. The summed E-state index contributed by atoms with van der Waals surface area (Å²) in [6.45, 7) is 2.17. The molecule has 4 aromatic carbocycles. The second-order valence-corrected chi connectivity index (χ2v) is 5.96. The quantitative estimate of drug-likeness (QED) is 0.371. The first-order chi connectivity index (χ1) is 11.3. The third kappa shape index (κ3) is 2.64. The van der Waals surface area contributed by atoms with E-state index in [1.807, 2.05) is 0 Å². The molecule has 0 saturated carbocycles. The fourth-order valence-electron chi connectivity index (χ4n) is 3.12. The van der Waals surface area contributed by atoms with Crippen molar-refractivity contribution in [1.82, 2.24) is 0 Å². The second kappa shape index (κ2) is 5.73. The molecule has 0 heterocycles. The molecule has 0 heteroatoms. The van der Waals surface area contributed by atoms with Crippen LogP contribution in [0.1, 0.15) is 16.7 Å². The van der Waals surface area contributed by atoms with Crippen LogP contribution in [0, 0.1) is 6.92 Å². The van der Waals surface area contributed by atoms with Crippen LogP contribution in [-0.2, 0) is 0 Å². The van der Waals surface area contributed by atoms with Gasteiger partial charge in [0.05, 0.1) is 0 Å². The smallest absolute Gasteiger partial charge is 0.0109 e. The van der Waals surface area contributed by atoms with Gasteiger partial charge in [0.15, 0.2) is 0 Å². The molecule has 0 radical (unpaired) electrons. The van der Waals surface area contributed by atoms with Crippen LogP contribution in [-0.4, -0.2) is 0 Å². The number of aryl methyl sites for hydroxylation is 1. The van der Waals surface area contributed by atoms with Gasteiger partial charge >= 0.3 is 0 Å². The van der Waals surface area contributed by atoms with E-state index in [1.165, 1.54) is 38.2 Å². The third-order valence-electron chi connectivity index (χ3n) is 4.40. The highest BCUT2D eigenvalue weighted by Crippen LogP contribution is 2.24. The highest BCUT2D eigenvalue weighted by atomic mass is 14.0. The fraction of sp³-hybridized carbons (Fsp3) is 0.0435. The van der Waals surface area contributed by atoms with Crippen LogP contribution in [0.4, 0.5) is 0 Å². The van der Waals surface area contributed by atoms with Crippen molar-refractivity contribution in [2.75, 3.05) is 0 Å². The second-order valence-electron chi connectivity index (χ2n) is 5.96. The van der Waals surface area contributed by atoms with Crippen molar-refractivity contribution >= 4 is 33.7 Å². The topological polar surface area (TPSA) is 0 Å². The predicted octanol–water partition coefficient (Wildman–Crippen LogP) is 6.47. The lowest BCUT2D eigenvalue weighted by Crippen LogP contribution is -1.82. The van der Waals surface area contributed by atoms with Crippen molar-refractivity contribution < 1.29 is 0 Å². The summed E-state index contributed by atoms with van der Waals surface area (Å²) in [6.07, 6.45) is 4.41. The molecular weight excluding hydrogens is 276 g/mol. The largest absolute Gasteiger partial charge is 0.0616 e. The molecule has 0 aromatic heterocycles. The lowest BCUT2D eigenvalue weighted by molar-refractivity contribution is 1.52. The molecule has 0 aliphatic rings. The molecule has 0 aliphatic heterocycles. The van der Waals surface area contributed by atoms with Gasteiger partial charge in [-0.15, -0.1) is 0 Å². The summed E-state index contributed by atoms with van der Waals surface area (Å²) in [4.78, 5) is 0. The minimum absolute atomic E-state index is 1.23. The highest BCUT2D eigenvalue weighted by molar-refractivity contribution is 5.95. The van der Waals surface area contributed by atoms with Gasteiger partial charge in [-0.3, -0.25) is 0 Å². The van der Waals surface area contributed by atoms with Gasteiger partial charge in [0, 0.05) is 0 Å². The normalized spacial score (nSPS) is 11.5. The van der Waals surface area contributed by atoms with E-state index in [1.54, 1.807) is 0 Å². The van der Waals surface area contributed by atoms with Crippen molar-refractivity contribution in [2.24, 2.45) is 0 Å². The molecule has 0 amide bonds. The Bertz CT molecular complexity index is 1020. The number of hydrogen-bond donors (Lipinski definition) is 0. The summed E-state index contributed by atoms with van der Waals surface area (Å²) in [5.74, 6) is 0. The maximum absolute atomic E-state index is 2.24. The van der Waals surface area contributed by atoms with Gasteiger partial charge in [-0.25, -0.2) is 0 Å². The van der Waals surface area contributed by atoms with Crippen LogP contribution in [0.3, 0.4) is 0 Å². The molecule has 0 aliphatic carbocycles. The van der Waals surface area contributed by atoms with Gasteiger partial charge in [0.1, 0.15) is 0 Å². The molecule has 23 heavy (non-hydrogen) atoms. The Hall–Kier alpha value is -2.86. The summed E-state index contributed by atoms with van der Waals surface area (Å²) in [5.41, 5.74) is 3.82. The monoisotopic (exact) mass is 294 g/mol. The molecular formula is C23H18. The Morgan fingerprint density at radius 1 is 0.609 bits per heavy atom. The number of rotatable bonds is 2. The lowest BCUT2D eigenvalue weighted by Gasteiger charge is -2.05. The van der Waals surface area contributed by atoms with Crippen LogP contribution in [0.25, 0.3) is 33.7 Å². The first-order valence-electron chi connectivity index (χ1n) is 7.96. The van der Waals surface area contributed by atoms with E-state index in [0.717, 1.165) is 0 Å². The van der Waals surface area contributed by atoms with E-state index < -0.39 is 0 Å². The minimum Gasteiger partial charge on any atom is -0.0616 e. The number of benzene rings is 4. The van der Waals surface area contributed by atoms with E-state index in [4.69, 9.17) is 0 Å². The Labute approximate surface area is 136 Å². The first-order valence-corrected chi connectivity index (χ1v) is 7.96. The Morgan fingerprint density at radius 3 is 2.22 bits per heavy atom. The zero-order valence-electron chi connectivity index (χ0n) is 13.2. The molecule has 0 saturated heterocycles. The molecule has 0 spiro atoms. The van der Waals surface area contributed by atoms with Gasteiger partial charge in [0.2, 0.25) is 0 Å². The molecule has 0 bridgehead atoms. The Balaban J connectivity index is 1.77. The fourth-order valence-corrected chi connectivity index (χ4v) is 3.12. The van der Waals surface area contributed by atoms with Crippen LogP contribution in [0.5, 0.6) is 0 Å². The van der Waals surface area contributed by atoms with Crippen molar-refractivity contribution in [3.8, 4) is 0 Å². The van der Waals surface area contributed by atoms with Gasteiger partial charge < -0.3 is 0 Å². The van der Waals surface area contributed by atoms with Gasteiger partial charge in [-0.05, 0) is 51.2 Å². The summed E-state index contributed by atoms with van der Waals surface area (Å²) >= 11 is 0. The summed E-state index contributed by atoms with van der Waals surface area (Å²) in [5, 5.41) is 5.20. The van der Waals surface area contributed by atoms with E-state index in [9.17, 15) is 0 Å². The van der Waals surface area contributed by atoms with Gasteiger partial charge in [-0.1, -0.05) is 84.9 Å². The SMILES string of the molecule is Cc1ccc(/C=C/c2ccc3ccccc3c2)c2ccccc12. The Morgan fingerprint density at radius 2 is 1.35 bits per heavy atom. The molecule has 0 unspecified atom stereocenters. The van der Waals surface area contributed by atoms with Crippen molar-refractivity contribution in [2.45, 2.75) is 6.92 Å². The predicted molar refractivity (Wildman–Crippen MR) is 102 cm³/mol. The lowest BCUT2D eigenvalue weighted by atomic mass is 9.99. The zero-order valence-corrected chi connectivity index (χ0v) is 13.2. The maximum Gasteiger partial charge on any atom is -0.0109 e.